The number of carbonyl (C=O) groups excluding carboxylic acids is 1. The highest BCUT2D eigenvalue weighted by Crippen LogP contribution is 2.31. The number of benzene rings is 1. The Labute approximate surface area is 126 Å². The summed E-state index contributed by atoms with van der Waals surface area (Å²) < 4.78 is 18.6. The Kier molecular flexibility index (Phi) is 4.67. The van der Waals surface area contributed by atoms with E-state index >= 15 is 0 Å². The third-order valence-corrected chi connectivity index (χ3v) is 4.07. The summed E-state index contributed by atoms with van der Waals surface area (Å²) in [4.78, 5) is 14.9. The number of amides is 1. The molecule has 0 saturated carbocycles. The largest absolute Gasteiger partial charge is 0.377 e. The number of ether oxygens (including phenoxy) is 1. The van der Waals surface area contributed by atoms with Crippen LogP contribution >= 0.6 is 0 Å². The monoisotopic (exact) mass is 293 g/mol. The molecule has 0 radical (unpaired) electrons. The summed E-state index contributed by atoms with van der Waals surface area (Å²) in [5.41, 5.74) is 0.571. The van der Waals surface area contributed by atoms with Crippen LogP contribution in [-0.4, -0.2) is 36.1 Å². The topological polar surface area (TPSA) is 29.5 Å². The molecule has 4 heteroatoms. The fraction of sp³-hybridized carbons (Fsp3) is 0.588. The fourth-order valence-corrected chi connectivity index (χ4v) is 2.92. The molecule has 1 amide bonds. The van der Waals surface area contributed by atoms with Gasteiger partial charge in [-0.25, -0.2) is 4.39 Å². The lowest BCUT2D eigenvalue weighted by atomic mass is 9.85. The van der Waals surface area contributed by atoms with Gasteiger partial charge < -0.3 is 9.64 Å². The van der Waals surface area contributed by atoms with E-state index < -0.39 is 0 Å². The summed E-state index contributed by atoms with van der Waals surface area (Å²) in [6.45, 7) is 9.82. The normalized spacial score (nSPS) is 19.6. The van der Waals surface area contributed by atoms with Gasteiger partial charge in [0.15, 0.2) is 0 Å². The second kappa shape index (κ2) is 6.14. The minimum Gasteiger partial charge on any atom is -0.377 e. The molecule has 1 saturated heterocycles. The Bertz CT molecular complexity index is 496. The second-order valence-electron chi connectivity index (χ2n) is 6.63. The molecule has 1 aromatic carbocycles. The van der Waals surface area contributed by atoms with E-state index in [1.807, 2.05) is 32.6 Å². The zero-order valence-corrected chi connectivity index (χ0v) is 13.2. The zero-order chi connectivity index (χ0) is 15.6. The van der Waals surface area contributed by atoms with Crippen LogP contribution in [0.15, 0.2) is 24.3 Å². The van der Waals surface area contributed by atoms with E-state index in [9.17, 15) is 9.18 Å². The average molecular weight is 293 g/mol. The summed E-state index contributed by atoms with van der Waals surface area (Å²) in [6, 6.07) is 6.27. The van der Waals surface area contributed by atoms with Crippen molar-refractivity contribution in [1.82, 2.24) is 4.90 Å². The van der Waals surface area contributed by atoms with Crippen LogP contribution < -0.4 is 0 Å². The molecular formula is C17H24FNO2. The first-order chi connectivity index (χ1) is 9.83. The minimum atomic E-state index is -0.303. The molecule has 116 valence electrons. The molecular weight excluding hydrogens is 269 g/mol. The summed E-state index contributed by atoms with van der Waals surface area (Å²) in [5.74, 6) is -0.269. The molecule has 1 unspecified atom stereocenters. The molecule has 0 N–H and O–H groups in total. The van der Waals surface area contributed by atoms with Gasteiger partial charge in [0.25, 0.3) is 0 Å². The highest BCUT2D eigenvalue weighted by molar-refractivity contribution is 5.84. The van der Waals surface area contributed by atoms with Gasteiger partial charge in [0.2, 0.25) is 5.91 Å². The van der Waals surface area contributed by atoms with Gasteiger partial charge in [0.05, 0.1) is 24.7 Å². The predicted molar refractivity (Wildman–Crippen MR) is 80.6 cm³/mol. The molecule has 0 aromatic heterocycles. The van der Waals surface area contributed by atoms with Gasteiger partial charge in [-0.2, -0.15) is 0 Å². The van der Waals surface area contributed by atoms with E-state index in [4.69, 9.17) is 4.74 Å². The summed E-state index contributed by atoms with van der Waals surface area (Å²) in [6.07, 6.45) is 0. The van der Waals surface area contributed by atoms with Crippen LogP contribution in [0.3, 0.4) is 0 Å². The minimum absolute atomic E-state index is 0.102. The van der Waals surface area contributed by atoms with Crippen molar-refractivity contribution in [3.05, 3.63) is 35.6 Å². The summed E-state index contributed by atoms with van der Waals surface area (Å²) in [5, 5.41) is 0. The van der Waals surface area contributed by atoms with Crippen molar-refractivity contribution < 1.29 is 13.9 Å². The Morgan fingerprint density at radius 3 is 2.43 bits per heavy atom. The molecule has 2 rings (SSSR count). The number of carbonyl (C=O) groups is 1. The van der Waals surface area contributed by atoms with Crippen LogP contribution in [0.5, 0.6) is 0 Å². The number of morpholine rings is 1. The van der Waals surface area contributed by atoms with Crippen molar-refractivity contribution in [2.24, 2.45) is 5.92 Å². The molecule has 1 aliphatic heterocycles. The Morgan fingerprint density at radius 2 is 1.90 bits per heavy atom. The maximum absolute atomic E-state index is 13.1. The van der Waals surface area contributed by atoms with E-state index in [-0.39, 0.29) is 29.1 Å². The average Bonchev–Trinajstić information content (AvgIpc) is 2.40. The van der Waals surface area contributed by atoms with Gasteiger partial charge >= 0.3 is 0 Å². The predicted octanol–water partition coefficient (Wildman–Crippen LogP) is 3.20. The van der Waals surface area contributed by atoms with Crippen LogP contribution in [0.25, 0.3) is 0 Å². The molecule has 1 atom stereocenters. The summed E-state index contributed by atoms with van der Waals surface area (Å²) in [7, 11) is 0. The number of nitrogens with zero attached hydrogens (tertiary/aromatic N) is 1. The smallest absolute Gasteiger partial charge is 0.230 e. The first-order valence-corrected chi connectivity index (χ1v) is 7.47. The second-order valence-corrected chi connectivity index (χ2v) is 6.63. The third kappa shape index (κ3) is 3.43. The molecule has 1 aromatic rings. The third-order valence-electron chi connectivity index (χ3n) is 4.07. The van der Waals surface area contributed by atoms with Crippen LogP contribution in [0.1, 0.15) is 39.2 Å². The van der Waals surface area contributed by atoms with E-state index in [0.29, 0.717) is 19.8 Å². The Hall–Kier alpha value is -1.42. The first-order valence-electron chi connectivity index (χ1n) is 7.47. The SMILES string of the molecule is CC(C)C(C(=O)N1CCOCC1(C)C)c1ccc(F)cc1. The van der Waals surface area contributed by atoms with Gasteiger partial charge in [-0.05, 0) is 37.5 Å². The van der Waals surface area contributed by atoms with Gasteiger partial charge in [-0.3, -0.25) is 4.79 Å². The van der Waals surface area contributed by atoms with Crippen LogP contribution in [0.2, 0.25) is 0 Å². The molecule has 3 nitrogen and oxygen atoms in total. The lowest BCUT2D eigenvalue weighted by Gasteiger charge is -2.44. The quantitative estimate of drug-likeness (QED) is 0.856. The van der Waals surface area contributed by atoms with Crippen molar-refractivity contribution in [3.63, 3.8) is 0 Å². The van der Waals surface area contributed by atoms with Crippen molar-refractivity contribution >= 4 is 5.91 Å². The van der Waals surface area contributed by atoms with Crippen molar-refractivity contribution in [1.29, 1.82) is 0 Å². The highest BCUT2D eigenvalue weighted by Gasteiger charge is 2.38. The number of hydrogen-bond donors (Lipinski definition) is 0. The van der Waals surface area contributed by atoms with Crippen LogP contribution in [-0.2, 0) is 9.53 Å². The van der Waals surface area contributed by atoms with Crippen LogP contribution in [0, 0.1) is 11.7 Å². The van der Waals surface area contributed by atoms with Crippen molar-refractivity contribution in [2.75, 3.05) is 19.8 Å². The fourth-order valence-electron chi connectivity index (χ4n) is 2.92. The molecule has 1 heterocycles. The standard InChI is InChI=1S/C17H24FNO2/c1-12(2)15(13-5-7-14(18)8-6-13)16(20)19-9-10-21-11-17(19,3)4/h5-8,12,15H,9-11H2,1-4H3. The number of halogens is 1. The maximum Gasteiger partial charge on any atom is 0.230 e. The molecule has 1 fully saturated rings. The first kappa shape index (κ1) is 16.0. The molecule has 21 heavy (non-hydrogen) atoms. The number of hydrogen-bond acceptors (Lipinski definition) is 2. The molecule has 0 bridgehead atoms. The lowest BCUT2D eigenvalue weighted by molar-refractivity contribution is -0.149. The van der Waals surface area contributed by atoms with Crippen molar-refractivity contribution in [2.45, 2.75) is 39.2 Å². The van der Waals surface area contributed by atoms with Crippen molar-refractivity contribution in [3.8, 4) is 0 Å². The summed E-state index contributed by atoms with van der Waals surface area (Å²) >= 11 is 0. The van der Waals surface area contributed by atoms with Crippen LogP contribution in [0.4, 0.5) is 4.39 Å². The molecule has 1 aliphatic rings. The van der Waals surface area contributed by atoms with Gasteiger partial charge in [0, 0.05) is 6.54 Å². The number of rotatable bonds is 3. The zero-order valence-electron chi connectivity index (χ0n) is 13.2. The highest BCUT2D eigenvalue weighted by atomic mass is 19.1. The maximum atomic E-state index is 13.1. The molecule has 0 aliphatic carbocycles. The van der Waals surface area contributed by atoms with E-state index in [0.717, 1.165) is 5.56 Å². The van der Waals surface area contributed by atoms with E-state index in [1.165, 1.54) is 12.1 Å². The van der Waals surface area contributed by atoms with E-state index in [2.05, 4.69) is 0 Å². The molecule has 0 spiro atoms. The Morgan fingerprint density at radius 1 is 1.29 bits per heavy atom. The van der Waals surface area contributed by atoms with E-state index in [1.54, 1.807) is 12.1 Å². The Balaban J connectivity index is 2.29. The van der Waals surface area contributed by atoms with Gasteiger partial charge in [-0.15, -0.1) is 0 Å². The lowest BCUT2D eigenvalue weighted by Crippen LogP contribution is -2.57. The van der Waals surface area contributed by atoms with Gasteiger partial charge in [-0.1, -0.05) is 26.0 Å². The van der Waals surface area contributed by atoms with Gasteiger partial charge in [0.1, 0.15) is 5.82 Å².